The quantitative estimate of drug-likeness (QED) is 0.439. The number of aromatic amines is 1. The highest BCUT2D eigenvalue weighted by Gasteiger charge is 2.17. The summed E-state index contributed by atoms with van der Waals surface area (Å²) in [5.41, 5.74) is 0. The molecule has 1 atom stereocenters. The molecule has 0 aliphatic heterocycles. The van der Waals surface area contributed by atoms with E-state index < -0.39 is 7.60 Å². The minimum atomic E-state index is -3.39. The first-order valence-electron chi connectivity index (χ1n) is 4.99. The lowest BCUT2D eigenvalue weighted by Crippen LogP contribution is -2.02. The fourth-order valence-electron chi connectivity index (χ4n) is 1.21. The lowest BCUT2D eigenvalue weighted by atomic mass is 10.3. The maximum absolute atomic E-state index is 11.3. The van der Waals surface area contributed by atoms with Gasteiger partial charge in [-0.25, -0.2) is 4.68 Å². The number of unbranched alkanes of at least 4 members (excludes halogenated alkanes) is 1. The summed E-state index contributed by atoms with van der Waals surface area (Å²) in [5.74, 6) is 0. The molecule has 1 rings (SSSR count). The average Bonchev–Trinajstić information content (AvgIpc) is 2.59. The maximum atomic E-state index is 11.3. The molecule has 0 radical (unpaired) electrons. The molecular weight excluding hydrogens is 251 g/mol. The highest BCUT2D eigenvalue weighted by atomic mass is 32.1. The van der Waals surface area contributed by atoms with Gasteiger partial charge >= 0.3 is 7.60 Å². The van der Waals surface area contributed by atoms with Gasteiger partial charge in [0, 0.05) is 6.54 Å². The number of tetrazole rings is 1. The molecule has 0 saturated carbocycles. The molecule has 92 valence electrons. The Morgan fingerprint density at radius 1 is 1.62 bits per heavy atom. The summed E-state index contributed by atoms with van der Waals surface area (Å²) < 4.78 is 18.1. The zero-order chi connectivity index (χ0) is 12.0. The molecule has 1 aromatic rings. The molecular formula is C7H15N4O3PS. The molecule has 0 aliphatic carbocycles. The molecule has 0 saturated heterocycles. The number of rotatable bonds is 7. The smallest absolute Gasteiger partial charge is 0.324 e. The molecule has 16 heavy (non-hydrogen) atoms. The van der Waals surface area contributed by atoms with Gasteiger partial charge in [0.15, 0.2) is 0 Å². The van der Waals surface area contributed by atoms with E-state index in [1.807, 2.05) is 0 Å². The second-order valence-corrected chi connectivity index (χ2v) is 5.57. The van der Waals surface area contributed by atoms with Crippen LogP contribution in [-0.2, 0) is 15.6 Å². The minimum absolute atomic E-state index is 0.162. The van der Waals surface area contributed by atoms with E-state index in [1.165, 1.54) is 0 Å². The first-order valence-corrected chi connectivity index (χ1v) is 7.16. The van der Waals surface area contributed by atoms with Crippen LogP contribution in [0.25, 0.3) is 0 Å². The van der Waals surface area contributed by atoms with Crippen molar-refractivity contribution in [3.05, 3.63) is 4.77 Å². The zero-order valence-corrected chi connectivity index (χ0v) is 10.7. The summed E-state index contributed by atoms with van der Waals surface area (Å²) in [4.78, 5) is 9.30. The number of hydrogen-bond acceptors (Lipinski definition) is 5. The summed E-state index contributed by atoms with van der Waals surface area (Å²) in [6.45, 7) is 2.56. The Kier molecular flexibility index (Phi) is 5.27. The number of aryl methyl sites for hydroxylation is 1. The average molecular weight is 266 g/mol. The third kappa shape index (κ3) is 4.52. The van der Waals surface area contributed by atoms with Crippen LogP contribution in [0.3, 0.4) is 0 Å². The third-order valence-corrected chi connectivity index (χ3v) is 3.78. The summed E-state index contributed by atoms with van der Waals surface area (Å²) in [5, 5.41) is 9.77. The van der Waals surface area contributed by atoms with Crippen LogP contribution in [0.1, 0.15) is 19.8 Å². The SMILES string of the molecule is CCOP(=O)(O)CCCCn1[nH]nnc1=S. The zero-order valence-electron chi connectivity index (χ0n) is 9.00. The number of aromatic nitrogens is 4. The van der Waals surface area contributed by atoms with Gasteiger partial charge in [-0.3, -0.25) is 4.57 Å². The second kappa shape index (κ2) is 6.24. The minimum Gasteiger partial charge on any atom is -0.324 e. The Labute approximate surface area is 98.3 Å². The van der Waals surface area contributed by atoms with Crippen LogP contribution in [0.4, 0.5) is 0 Å². The lowest BCUT2D eigenvalue weighted by molar-refractivity contribution is 0.272. The van der Waals surface area contributed by atoms with Gasteiger partial charge in [-0.1, -0.05) is 10.3 Å². The molecule has 0 bridgehead atoms. The number of nitrogens with zero attached hydrogens (tertiary/aromatic N) is 3. The van der Waals surface area contributed by atoms with E-state index in [4.69, 9.17) is 16.7 Å². The normalized spacial score (nSPS) is 14.9. The van der Waals surface area contributed by atoms with E-state index >= 15 is 0 Å². The van der Waals surface area contributed by atoms with Crippen molar-refractivity contribution in [2.45, 2.75) is 26.3 Å². The topological polar surface area (TPSA) is 93.0 Å². The fourth-order valence-corrected chi connectivity index (χ4v) is 2.54. The van der Waals surface area contributed by atoms with Gasteiger partial charge < -0.3 is 9.42 Å². The van der Waals surface area contributed by atoms with E-state index in [0.717, 1.165) is 6.42 Å². The van der Waals surface area contributed by atoms with E-state index in [1.54, 1.807) is 11.6 Å². The fraction of sp³-hybridized carbons (Fsp3) is 0.857. The van der Waals surface area contributed by atoms with Gasteiger partial charge in [-0.05, 0) is 32.0 Å². The highest BCUT2D eigenvalue weighted by Crippen LogP contribution is 2.42. The second-order valence-electron chi connectivity index (χ2n) is 3.22. The van der Waals surface area contributed by atoms with E-state index in [9.17, 15) is 9.46 Å². The van der Waals surface area contributed by atoms with Crippen LogP contribution in [-0.4, -0.2) is 37.9 Å². The molecule has 1 unspecified atom stereocenters. The van der Waals surface area contributed by atoms with Gasteiger partial charge in [0.1, 0.15) is 0 Å². The summed E-state index contributed by atoms with van der Waals surface area (Å²) >= 11 is 4.88. The predicted molar refractivity (Wildman–Crippen MR) is 60.8 cm³/mol. The van der Waals surface area contributed by atoms with E-state index in [0.29, 0.717) is 17.7 Å². The molecule has 0 aromatic carbocycles. The first kappa shape index (κ1) is 13.5. The molecule has 9 heteroatoms. The highest BCUT2D eigenvalue weighted by molar-refractivity contribution is 7.71. The van der Waals surface area contributed by atoms with Crippen molar-refractivity contribution in [3.63, 3.8) is 0 Å². The van der Waals surface area contributed by atoms with Crippen molar-refractivity contribution < 1.29 is 14.0 Å². The Balaban J connectivity index is 2.25. The Hall–Kier alpha value is -0.560. The third-order valence-electron chi connectivity index (χ3n) is 1.94. The maximum Gasteiger partial charge on any atom is 0.328 e. The van der Waals surface area contributed by atoms with Crippen molar-refractivity contribution in [3.8, 4) is 0 Å². The molecule has 0 amide bonds. The van der Waals surface area contributed by atoms with E-state index in [2.05, 4.69) is 15.5 Å². The van der Waals surface area contributed by atoms with Gasteiger partial charge in [0.05, 0.1) is 12.8 Å². The number of hydrogen-bond donors (Lipinski definition) is 2. The Morgan fingerprint density at radius 3 is 2.94 bits per heavy atom. The molecule has 0 fully saturated rings. The van der Waals surface area contributed by atoms with Crippen molar-refractivity contribution in [2.24, 2.45) is 0 Å². The summed E-state index contributed by atoms with van der Waals surface area (Å²) in [6, 6.07) is 0. The van der Waals surface area contributed by atoms with Crippen LogP contribution >= 0.6 is 19.8 Å². The molecule has 1 aromatic heterocycles. The van der Waals surface area contributed by atoms with Crippen LogP contribution in [0.2, 0.25) is 0 Å². The molecule has 2 N–H and O–H groups in total. The molecule has 1 heterocycles. The van der Waals surface area contributed by atoms with E-state index in [-0.39, 0.29) is 12.8 Å². The van der Waals surface area contributed by atoms with Crippen LogP contribution in [0.5, 0.6) is 0 Å². The van der Waals surface area contributed by atoms with Crippen molar-refractivity contribution >= 4 is 19.8 Å². The lowest BCUT2D eigenvalue weighted by Gasteiger charge is -2.09. The number of nitrogens with one attached hydrogen (secondary N) is 1. The summed E-state index contributed by atoms with van der Waals surface area (Å²) in [7, 11) is -3.39. The first-order chi connectivity index (χ1) is 7.55. The van der Waals surface area contributed by atoms with Gasteiger partial charge in [-0.15, -0.1) is 0 Å². The van der Waals surface area contributed by atoms with Crippen molar-refractivity contribution in [1.82, 2.24) is 20.2 Å². The largest absolute Gasteiger partial charge is 0.328 e. The van der Waals surface area contributed by atoms with Crippen molar-refractivity contribution in [1.29, 1.82) is 0 Å². The monoisotopic (exact) mass is 266 g/mol. The number of H-pyrrole nitrogens is 1. The van der Waals surface area contributed by atoms with Crippen LogP contribution < -0.4 is 0 Å². The summed E-state index contributed by atoms with van der Waals surface area (Å²) in [6.07, 6.45) is 1.47. The van der Waals surface area contributed by atoms with Crippen molar-refractivity contribution in [2.75, 3.05) is 12.8 Å². The molecule has 0 spiro atoms. The molecule has 7 nitrogen and oxygen atoms in total. The van der Waals surface area contributed by atoms with Gasteiger partial charge in [-0.2, -0.15) is 5.21 Å². The Morgan fingerprint density at radius 2 is 2.38 bits per heavy atom. The Bertz CT molecular complexity index is 418. The standard InChI is InChI=1S/C7H15N4O3PS/c1-2-14-15(12,13)6-4-3-5-11-7(16)8-9-10-11/h2-6H2,1H3,(H,12,13)(H,8,10,16). The van der Waals surface area contributed by atoms with Crippen LogP contribution in [0, 0.1) is 4.77 Å². The van der Waals surface area contributed by atoms with Gasteiger partial charge in [0.25, 0.3) is 0 Å². The van der Waals surface area contributed by atoms with Crippen LogP contribution in [0.15, 0.2) is 0 Å². The van der Waals surface area contributed by atoms with Gasteiger partial charge in [0.2, 0.25) is 4.77 Å². The molecule has 0 aliphatic rings. The predicted octanol–water partition coefficient (Wildman–Crippen LogP) is 1.34.